The van der Waals surface area contributed by atoms with Crippen LogP contribution in [0.1, 0.15) is 139 Å². The van der Waals surface area contributed by atoms with E-state index in [-0.39, 0.29) is 58.4 Å². The van der Waals surface area contributed by atoms with E-state index < -0.39 is 30.1 Å². The van der Waals surface area contributed by atoms with Crippen LogP contribution in [0.5, 0.6) is 5.75 Å². The highest BCUT2D eigenvalue weighted by Gasteiger charge is 2.49. The molecule has 0 aromatic heterocycles. The molecule has 0 amide bonds. The Kier molecular flexibility index (Phi) is 12.1. The minimum absolute atomic E-state index is 0.0392. The van der Waals surface area contributed by atoms with Crippen molar-refractivity contribution in [3.8, 4) is 5.75 Å². The zero-order valence-corrected chi connectivity index (χ0v) is 33.1. The first-order chi connectivity index (χ1) is 22.2. The fraction of sp³-hybridized carbons (Fsp3) is 0.800. The number of rotatable bonds is 10. The summed E-state index contributed by atoms with van der Waals surface area (Å²) in [5.74, 6) is -2.16. The van der Waals surface area contributed by atoms with Crippen LogP contribution in [-0.2, 0) is 36.3 Å². The number of aliphatic hydroxyl groups excluding tert-OH is 2. The van der Waals surface area contributed by atoms with Crippen LogP contribution in [0.2, 0.25) is 0 Å². The number of aliphatic hydroxyl groups is 2. The van der Waals surface area contributed by atoms with Crippen molar-refractivity contribution >= 4 is 11.9 Å². The topological polar surface area (TPSA) is 120 Å². The van der Waals surface area contributed by atoms with Crippen LogP contribution in [0.25, 0.3) is 0 Å². The van der Waals surface area contributed by atoms with Gasteiger partial charge in [-0.3, -0.25) is 19.4 Å². The number of carbonyl (C=O) groups is 2. The summed E-state index contributed by atoms with van der Waals surface area (Å²) in [5, 5.41) is 30.9. The van der Waals surface area contributed by atoms with E-state index in [9.17, 15) is 24.9 Å². The molecule has 2 aliphatic heterocycles. The third kappa shape index (κ3) is 9.57. The normalized spacial score (nSPS) is 21.9. The number of phenolic OH excluding ortho intramolecular Hbond substituents is 1. The van der Waals surface area contributed by atoms with Gasteiger partial charge in [0.1, 0.15) is 18.0 Å². The van der Waals surface area contributed by atoms with E-state index in [0.29, 0.717) is 38.8 Å². The molecule has 1 aromatic rings. The SMILES string of the molecule is CC(C)(C)c1cc(CC(C(=O)OC2CC(C)(C)N(CCO)C(C)(C)C2)C(=O)OC2CC(C)(C)N(CCO)C(C)(C)C2)cc(C(C)(C)C)c1O. The molecule has 2 saturated heterocycles. The number of ether oxygens (including phenoxy) is 2. The molecule has 2 heterocycles. The molecule has 0 atom stereocenters. The number of β-amino-alcohol motifs (C(OH)–C–C–N with tert-alkyl or cyclic N) is 2. The van der Waals surface area contributed by atoms with Gasteiger partial charge >= 0.3 is 11.9 Å². The summed E-state index contributed by atoms with van der Waals surface area (Å²) in [6.07, 6.45) is 1.51. The number of nitrogens with zero attached hydrogens (tertiary/aromatic N) is 2. The van der Waals surface area contributed by atoms with Gasteiger partial charge in [0.2, 0.25) is 0 Å². The van der Waals surface area contributed by atoms with Crippen molar-refractivity contribution in [2.45, 2.75) is 174 Å². The van der Waals surface area contributed by atoms with E-state index in [0.717, 1.165) is 16.7 Å². The Morgan fingerprint density at radius 2 is 1.00 bits per heavy atom. The maximum absolute atomic E-state index is 14.3. The quantitative estimate of drug-likeness (QED) is 0.193. The van der Waals surface area contributed by atoms with Crippen LogP contribution in [0.15, 0.2) is 12.1 Å². The zero-order chi connectivity index (χ0) is 37.5. The molecule has 0 unspecified atom stereocenters. The molecule has 280 valence electrons. The number of phenols is 1. The van der Waals surface area contributed by atoms with Crippen molar-refractivity contribution in [2.75, 3.05) is 26.3 Å². The molecule has 2 fully saturated rings. The number of likely N-dealkylation sites (tertiary alicyclic amines) is 2. The smallest absolute Gasteiger partial charge is 0.320 e. The van der Waals surface area contributed by atoms with Crippen LogP contribution >= 0.6 is 0 Å². The van der Waals surface area contributed by atoms with Crippen LogP contribution < -0.4 is 0 Å². The van der Waals surface area contributed by atoms with Crippen molar-refractivity contribution in [1.29, 1.82) is 0 Å². The van der Waals surface area contributed by atoms with Crippen LogP contribution in [0.4, 0.5) is 0 Å². The Labute approximate surface area is 296 Å². The van der Waals surface area contributed by atoms with Gasteiger partial charge in [0.15, 0.2) is 5.92 Å². The summed E-state index contributed by atoms with van der Waals surface area (Å²) in [5.41, 5.74) is 0.160. The molecule has 1 aromatic carbocycles. The van der Waals surface area contributed by atoms with E-state index in [2.05, 4.69) is 65.2 Å². The summed E-state index contributed by atoms with van der Waals surface area (Å²) in [4.78, 5) is 33.1. The lowest BCUT2D eigenvalue weighted by Gasteiger charge is -2.55. The second kappa shape index (κ2) is 14.4. The average Bonchev–Trinajstić information content (AvgIpc) is 2.89. The van der Waals surface area contributed by atoms with Crippen molar-refractivity contribution in [3.05, 3.63) is 28.8 Å². The molecule has 9 heteroatoms. The molecule has 0 spiro atoms. The largest absolute Gasteiger partial charge is 0.507 e. The molecule has 3 rings (SSSR count). The maximum Gasteiger partial charge on any atom is 0.320 e. The lowest BCUT2D eigenvalue weighted by molar-refractivity contribution is -0.178. The molecule has 0 bridgehead atoms. The average molecular weight is 689 g/mol. The summed E-state index contributed by atoms with van der Waals surface area (Å²) >= 11 is 0. The molecule has 3 N–H and O–H groups in total. The summed E-state index contributed by atoms with van der Waals surface area (Å²) < 4.78 is 12.5. The van der Waals surface area contributed by atoms with Crippen molar-refractivity contribution in [1.82, 2.24) is 9.80 Å². The van der Waals surface area contributed by atoms with Gasteiger partial charge < -0.3 is 24.8 Å². The molecule has 2 aliphatic rings. The minimum atomic E-state index is -1.20. The second-order valence-corrected chi connectivity index (χ2v) is 19.2. The van der Waals surface area contributed by atoms with Gasteiger partial charge in [-0.2, -0.15) is 0 Å². The van der Waals surface area contributed by atoms with Gasteiger partial charge in [-0.1, -0.05) is 53.7 Å². The molecule has 0 aliphatic carbocycles. The van der Waals surface area contributed by atoms with Gasteiger partial charge in [0.25, 0.3) is 0 Å². The predicted octanol–water partition coefficient (Wildman–Crippen LogP) is 6.26. The molecule has 0 saturated carbocycles. The predicted molar refractivity (Wildman–Crippen MR) is 195 cm³/mol. The van der Waals surface area contributed by atoms with Crippen LogP contribution in [0.3, 0.4) is 0 Å². The number of esters is 2. The van der Waals surface area contributed by atoms with Gasteiger partial charge in [-0.05, 0) is 89.3 Å². The first-order valence-electron chi connectivity index (χ1n) is 18.2. The Hall–Kier alpha value is -2.20. The number of aromatic hydroxyl groups is 1. The summed E-state index contributed by atoms with van der Waals surface area (Å²) in [6, 6.07) is 3.83. The number of piperidine rings is 2. The Morgan fingerprint density at radius 3 is 1.27 bits per heavy atom. The number of carbonyl (C=O) groups excluding carboxylic acids is 2. The van der Waals surface area contributed by atoms with E-state index in [4.69, 9.17) is 9.47 Å². The third-order valence-corrected chi connectivity index (χ3v) is 10.8. The zero-order valence-electron chi connectivity index (χ0n) is 33.1. The lowest BCUT2D eigenvalue weighted by atomic mass is 9.77. The van der Waals surface area contributed by atoms with Crippen molar-refractivity contribution in [2.24, 2.45) is 5.92 Å². The molecule has 0 radical (unpaired) electrons. The third-order valence-electron chi connectivity index (χ3n) is 10.8. The fourth-order valence-corrected chi connectivity index (χ4v) is 8.98. The Morgan fingerprint density at radius 1 is 0.694 bits per heavy atom. The maximum atomic E-state index is 14.3. The summed E-state index contributed by atoms with van der Waals surface area (Å²) in [7, 11) is 0. The van der Waals surface area contributed by atoms with E-state index in [1.165, 1.54) is 0 Å². The van der Waals surface area contributed by atoms with Crippen molar-refractivity contribution in [3.63, 3.8) is 0 Å². The molecular weight excluding hydrogens is 620 g/mol. The van der Waals surface area contributed by atoms with Crippen LogP contribution in [-0.4, -0.2) is 97.7 Å². The van der Waals surface area contributed by atoms with Gasteiger partial charge in [0.05, 0.1) is 13.2 Å². The van der Waals surface area contributed by atoms with Crippen molar-refractivity contribution < 1.29 is 34.4 Å². The van der Waals surface area contributed by atoms with Gasteiger partial charge in [0, 0.05) is 60.9 Å². The Balaban J connectivity index is 2.02. The van der Waals surface area contributed by atoms with Crippen LogP contribution in [0, 0.1) is 5.92 Å². The summed E-state index contributed by atoms with van der Waals surface area (Å²) in [6.45, 7) is 30.1. The monoisotopic (exact) mass is 689 g/mol. The highest BCUT2D eigenvalue weighted by molar-refractivity contribution is 5.95. The standard InChI is InChI=1S/C40H68N2O7/c1-35(2,3)30-20-26(21-31(32(30)45)36(4,5)6)19-29(33(46)48-27-22-37(7,8)41(15-17-43)38(9,10)23-27)34(47)49-28-24-39(11,12)42(16-18-44)40(13,14)25-28/h20-21,27-29,43-45H,15-19,22-25H2,1-14H3. The van der Waals surface area contributed by atoms with E-state index in [1.54, 1.807) is 0 Å². The first-order valence-corrected chi connectivity index (χ1v) is 18.2. The lowest BCUT2D eigenvalue weighted by Crippen LogP contribution is -2.63. The van der Waals surface area contributed by atoms with E-state index in [1.807, 2.05) is 53.7 Å². The fourth-order valence-electron chi connectivity index (χ4n) is 8.98. The van der Waals surface area contributed by atoms with Gasteiger partial charge in [-0.15, -0.1) is 0 Å². The highest BCUT2D eigenvalue weighted by Crippen LogP contribution is 2.43. The highest BCUT2D eigenvalue weighted by atomic mass is 16.6. The van der Waals surface area contributed by atoms with Gasteiger partial charge in [-0.25, -0.2) is 0 Å². The number of hydrogen-bond acceptors (Lipinski definition) is 9. The molecule has 9 nitrogen and oxygen atoms in total. The second-order valence-electron chi connectivity index (χ2n) is 19.2. The molecule has 49 heavy (non-hydrogen) atoms. The Bertz CT molecular complexity index is 1200. The number of hydrogen-bond donors (Lipinski definition) is 3. The molecular formula is C40H68N2O7. The first kappa shape index (κ1) is 41.2. The van der Waals surface area contributed by atoms with E-state index >= 15 is 0 Å². The minimum Gasteiger partial charge on any atom is -0.507 e. The number of benzene rings is 1.